The van der Waals surface area contributed by atoms with Crippen molar-refractivity contribution in [3.8, 4) is 5.75 Å². The summed E-state index contributed by atoms with van der Waals surface area (Å²) < 4.78 is 0. The zero-order valence-electron chi connectivity index (χ0n) is 9.31. The Morgan fingerprint density at radius 3 is 2.56 bits per heavy atom. The van der Waals surface area contributed by atoms with Crippen molar-refractivity contribution in [3.05, 3.63) is 29.2 Å². The van der Waals surface area contributed by atoms with E-state index in [9.17, 15) is 5.11 Å². The van der Waals surface area contributed by atoms with Gasteiger partial charge in [-0.2, -0.15) is 0 Å². The van der Waals surface area contributed by atoms with Crippen LogP contribution >= 0.6 is 0 Å². The summed E-state index contributed by atoms with van der Waals surface area (Å²) in [6, 6.07) is 3.06. The smallest absolute Gasteiger partial charge is 0.136 e. The molecule has 0 spiro atoms. The third-order valence-electron chi connectivity index (χ3n) is 2.22. The van der Waals surface area contributed by atoms with Crippen molar-refractivity contribution < 1.29 is 10.2 Å². The molecule has 0 aliphatic rings. The van der Waals surface area contributed by atoms with E-state index in [1.54, 1.807) is 20.0 Å². The molecule has 6 heteroatoms. The monoisotopic (exact) mass is 224 g/mol. The molecule has 1 aromatic heterocycles. The third-order valence-corrected chi connectivity index (χ3v) is 2.22. The first kappa shape index (κ1) is 12.3. The van der Waals surface area contributed by atoms with Crippen LogP contribution in [0.15, 0.2) is 17.8 Å². The largest absolute Gasteiger partial charge is 0.506 e. The summed E-state index contributed by atoms with van der Waals surface area (Å²) in [5.41, 5.74) is 7.42. The highest BCUT2D eigenvalue weighted by Crippen LogP contribution is 2.18. The third kappa shape index (κ3) is 2.41. The molecule has 0 fully saturated rings. The van der Waals surface area contributed by atoms with Crippen molar-refractivity contribution >= 4 is 5.70 Å². The minimum Gasteiger partial charge on any atom is -0.506 e. The molecule has 0 amide bonds. The zero-order chi connectivity index (χ0) is 12.3. The molecule has 1 rings (SSSR count). The molecule has 0 bridgehead atoms. The average Bonchev–Trinajstić information content (AvgIpc) is 2.22. The van der Waals surface area contributed by atoms with Crippen molar-refractivity contribution in [2.24, 2.45) is 11.6 Å². The Kier molecular flexibility index (Phi) is 3.70. The van der Waals surface area contributed by atoms with Crippen LogP contribution in [0.1, 0.15) is 11.4 Å². The number of hydrazine groups is 1. The topological polar surface area (TPSA) is 109 Å². The van der Waals surface area contributed by atoms with E-state index in [2.05, 4.69) is 4.98 Å². The summed E-state index contributed by atoms with van der Waals surface area (Å²) in [6.07, 6.45) is 0. The lowest BCUT2D eigenvalue weighted by Gasteiger charge is -2.17. The van der Waals surface area contributed by atoms with Gasteiger partial charge in [-0.25, -0.2) is 10.8 Å². The lowest BCUT2D eigenvalue weighted by atomic mass is 10.2. The summed E-state index contributed by atoms with van der Waals surface area (Å²) >= 11 is 0. The van der Waals surface area contributed by atoms with Gasteiger partial charge in [-0.1, -0.05) is 0 Å². The Balaban J connectivity index is 3.21. The van der Waals surface area contributed by atoms with E-state index in [0.717, 1.165) is 0 Å². The highest BCUT2D eigenvalue weighted by Gasteiger charge is 2.10. The second-order valence-corrected chi connectivity index (χ2v) is 3.43. The maximum absolute atomic E-state index is 9.33. The second-order valence-electron chi connectivity index (χ2n) is 3.43. The van der Waals surface area contributed by atoms with Crippen LogP contribution in [0.25, 0.3) is 5.70 Å². The minimum absolute atomic E-state index is 0.100. The number of aliphatic hydroxyl groups is 1. The quantitative estimate of drug-likeness (QED) is 0.408. The maximum Gasteiger partial charge on any atom is 0.136 e. The van der Waals surface area contributed by atoms with Gasteiger partial charge in [0.25, 0.3) is 0 Å². The molecule has 0 radical (unpaired) electrons. The van der Waals surface area contributed by atoms with Crippen molar-refractivity contribution in [1.82, 2.24) is 9.99 Å². The molecule has 0 saturated carbocycles. The van der Waals surface area contributed by atoms with Gasteiger partial charge in [-0.15, -0.1) is 0 Å². The van der Waals surface area contributed by atoms with Crippen LogP contribution in [-0.4, -0.2) is 33.9 Å². The number of rotatable bonds is 3. The number of likely N-dealkylation sites (N-methyl/N-ethyl adjacent to an activating group) is 1. The van der Waals surface area contributed by atoms with Crippen molar-refractivity contribution in [2.75, 3.05) is 13.7 Å². The van der Waals surface area contributed by atoms with Gasteiger partial charge in [0.15, 0.2) is 0 Å². The minimum atomic E-state index is -0.277. The Hall–Kier alpha value is -1.79. The number of nitrogens with zero attached hydrogens (tertiary/aromatic N) is 2. The van der Waals surface area contributed by atoms with Gasteiger partial charge in [0.1, 0.15) is 5.75 Å². The highest BCUT2D eigenvalue weighted by molar-refractivity contribution is 5.63. The molecular formula is C10H16N4O2. The molecule has 6 N–H and O–H groups in total. The predicted octanol–water partition coefficient (Wildman–Crippen LogP) is -0.479. The van der Waals surface area contributed by atoms with E-state index >= 15 is 0 Å². The summed E-state index contributed by atoms with van der Waals surface area (Å²) in [4.78, 5) is 4.10. The summed E-state index contributed by atoms with van der Waals surface area (Å²) in [5.74, 6) is 5.61. The molecule has 6 nitrogen and oxygen atoms in total. The van der Waals surface area contributed by atoms with Gasteiger partial charge in [-0.3, -0.25) is 0 Å². The molecule has 0 unspecified atom stereocenters. The fourth-order valence-corrected chi connectivity index (χ4v) is 1.24. The highest BCUT2D eigenvalue weighted by atomic mass is 16.3. The Bertz CT molecular complexity index is 415. The fraction of sp³-hybridized carbons (Fsp3) is 0.300. The first-order valence-corrected chi connectivity index (χ1v) is 4.72. The number of aryl methyl sites for hydroxylation is 1. The van der Waals surface area contributed by atoms with Gasteiger partial charge < -0.3 is 21.0 Å². The van der Waals surface area contributed by atoms with E-state index in [1.807, 2.05) is 0 Å². The first-order chi connectivity index (χ1) is 7.47. The normalized spacial score (nSPS) is 12.2. The van der Waals surface area contributed by atoms with Crippen LogP contribution in [0.2, 0.25) is 0 Å². The molecule has 0 aromatic carbocycles. The van der Waals surface area contributed by atoms with Crippen LogP contribution in [-0.2, 0) is 0 Å². The molecule has 16 heavy (non-hydrogen) atoms. The molecule has 88 valence electrons. The molecule has 0 aliphatic heterocycles. The standard InChI is InChI=1S/C10H16N4O2/c1-6-9(16)4-3-7(13-6)10(11)8(5-15)14(2)12/h3-4,15-16H,5,11-12H2,1-2H3/b10-8-. The van der Waals surface area contributed by atoms with Crippen LogP contribution in [0.3, 0.4) is 0 Å². The van der Waals surface area contributed by atoms with Gasteiger partial charge in [0.05, 0.1) is 29.4 Å². The number of pyridine rings is 1. The predicted molar refractivity (Wildman–Crippen MR) is 60.8 cm³/mol. The molecule has 1 aromatic rings. The van der Waals surface area contributed by atoms with Crippen molar-refractivity contribution in [1.29, 1.82) is 0 Å². The van der Waals surface area contributed by atoms with E-state index < -0.39 is 0 Å². The molecule has 0 atom stereocenters. The second kappa shape index (κ2) is 4.82. The SMILES string of the molecule is Cc1nc(/C(N)=C(\CO)N(C)N)ccc1O. The Morgan fingerprint density at radius 1 is 1.50 bits per heavy atom. The summed E-state index contributed by atoms with van der Waals surface area (Å²) in [6.45, 7) is 1.39. The van der Waals surface area contributed by atoms with Crippen molar-refractivity contribution in [2.45, 2.75) is 6.92 Å². The number of aromatic hydroxyl groups is 1. The molecule has 0 aliphatic carbocycles. The number of hydrogen-bond donors (Lipinski definition) is 4. The van der Waals surface area contributed by atoms with E-state index in [1.165, 1.54) is 11.1 Å². The average molecular weight is 224 g/mol. The van der Waals surface area contributed by atoms with Crippen LogP contribution < -0.4 is 11.6 Å². The van der Waals surface area contributed by atoms with Crippen LogP contribution in [0.5, 0.6) is 5.75 Å². The zero-order valence-corrected chi connectivity index (χ0v) is 9.31. The fourth-order valence-electron chi connectivity index (χ4n) is 1.24. The van der Waals surface area contributed by atoms with Gasteiger partial charge in [0, 0.05) is 7.05 Å². The summed E-state index contributed by atoms with van der Waals surface area (Å²) in [7, 11) is 1.58. The van der Waals surface area contributed by atoms with Gasteiger partial charge >= 0.3 is 0 Å². The maximum atomic E-state index is 9.33. The Labute approximate surface area is 93.8 Å². The number of hydrogen-bond acceptors (Lipinski definition) is 6. The molecule has 0 saturated heterocycles. The van der Waals surface area contributed by atoms with Gasteiger partial charge in [0.2, 0.25) is 0 Å². The van der Waals surface area contributed by atoms with E-state index in [-0.39, 0.29) is 18.1 Å². The lowest BCUT2D eigenvalue weighted by Crippen LogP contribution is -2.29. The van der Waals surface area contributed by atoms with Crippen LogP contribution in [0.4, 0.5) is 0 Å². The molecule has 1 heterocycles. The Morgan fingerprint density at radius 2 is 2.12 bits per heavy atom. The number of aliphatic hydroxyl groups excluding tert-OH is 1. The van der Waals surface area contributed by atoms with Gasteiger partial charge in [-0.05, 0) is 19.1 Å². The van der Waals surface area contributed by atoms with E-state index in [4.69, 9.17) is 16.7 Å². The van der Waals surface area contributed by atoms with E-state index in [0.29, 0.717) is 17.1 Å². The number of aromatic nitrogens is 1. The lowest BCUT2D eigenvalue weighted by molar-refractivity contribution is 0.278. The van der Waals surface area contributed by atoms with Crippen LogP contribution in [0, 0.1) is 6.92 Å². The summed E-state index contributed by atoms with van der Waals surface area (Å²) in [5, 5.41) is 19.7. The molecular weight excluding hydrogens is 208 g/mol. The number of nitrogens with two attached hydrogens (primary N) is 2. The first-order valence-electron chi connectivity index (χ1n) is 4.72. The van der Waals surface area contributed by atoms with Crippen molar-refractivity contribution in [3.63, 3.8) is 0 Å².